The summed E-state index contributed by atoms with van der Waals surface area (Å²) >= 11 is 0. The van der Waals surface area contributed by atoms with Crippen molar-refractivity contribution in [3.05, 3.63) is 29.8 Å². The van der Waals surface area contributed by atoms with Gasteiger partial charge in [0.05, 0.1) is 25.9 Å². The number of hydrogen-bond donors (Lipinski definition) is 2. The second kappa shape index (κ2) is 10.5. The monoisotopic (exact) mass is 376 g/mol. The van der Waals surface area contributed by atoms with Crippen molar-refractivity contribution in [2.24, 2.45) is 4.99 Å². The largest absolute Gasteiger partial charge is 0.491 e. The zero-order valence-electron chi connectivity index (χ0n) is 17.5. The fourth-order valence-electron chi connectivity index (χ4n) is 3.08. The first-order valence-corrected chi connectivity index (χ1v) is 10.0. The molecular formula is C21H36N4O2. The second-order valence-corrected chi connectivity index (χ2v) is 7.77. The third kappa shape index (κ3) is 7.39. The van der Waals surface area contributed by atoms with Gasteiger partial charge in [0.2, 0.25) is 0 Å². The summed E-state index contributed by atoms with van der Waals surface area (Å²) in [7, 11) is 0. The van der Waals surface area contributed by atoms with Crippen molar-refractivity contribution in [3.63, 3.8) is 0 Å². The first-order valence-electron chi connectivity index (χ1n) is 10.0. The summed E-state index contributed by atoms with van der Waals surface area (Å²) in [6.07, 6.45) is 0.171. The van der Waals surface area contributed by atoms with Crippen LogP contribution in [0.5, 0.6) is 5.75 Å². The first-order chi connectivity index (χ1) is 12.9. The number of nitrogens with one attached hydrogen (secondary N) is 2. The van der Waals surface area contributed by atoms with Gasteiger partial charge in [-0.15, -0.1) is 0 Å². The Labute approximate surface area is 164 Å². The molecule has 1 aromatic rings. The summed E-state index contributed by atoms with van der Waals surface area (Å²) in [5.41, 5.74) is 1.18. The van der Waals surface area contributed by atoms with Crippen LogP contribution in [-0.4, -0.2) is 61.9 Å². The maximum atomic E-state index is 5.77. The standard InChI is InChI=1S/C21H36N4O2/c1-6-22-20(24-16-21(4,5)25-10-12-26-13-11-25)23-15-18-8-7-9-19(14-18)27-17(2)3/h7-9,14,17H,6,10-13,15-16H2,1-5H3,(H2,22,23,24). The number of hydrogen-bond acceptors (Lipinski definition) is 4. The van der Waals surface area contributed by atoms with E-state index in [1.165, 1.54) is 0 Å². The molecule has 1 aliphatic heterocycles. The van der Waals surface area contributed by atoms with Crippen LogP contribution >= 0.6 is 0 Å². The van der Waals surface area contributed by atoms with E-state index in [2.05, 4.69) is 48.4 Å². The highest BCUT2D eigenvalue weighted by Crippen LogP contribution is 2.16. The SMILES string of the molecule is CCNC(=NCc1cccc(OC(C)C)c1)NCC(C)(C)N1CCOCC1. The fraction of sp³-hybridized carbons (Fsp3) is 0.667. The van der Waals surface area contributed by atoms with Crippen LogP contribution in [0.1, 0.15) is 40.2 Å². The Morgan fingerprint density at radius 1 is 1.26 bits per heavy atom. The zero-order valence-corrected chi connectivity index (χ0v) is 17.5. The molecule has 1 saturated heterocycles. The van der Waals surface area contributed by atoms with Gasteiger partial charge in [-0.3, -0.25) is 4.90 Å². The van der Waals surface area contributed by atoms with E-state index in [0.717, 1.165) is 56.7 Å². The molecule has 1 aliphatic rings. The van der Waals surface area contributed by atoms with Crippen molar-refractivity contribution >= 4 is 5.96 Å². The highest BCUT2D eigenvalue weighted by atomic mass is 16.5. The maximum absolute atomic E-state index is 5.77. The third-order valence-corrected chi connectivity index (χ3v) is 4.59. The predicted octanol–water partition coefficient (Wildman–Crippen LogP) is 2.64. The Morgan fingerprint density at radius 2 is 2.00 bits per heavy atom. The summed E-state index contributed by atoms with van der Waals surface area (Å²) in [5.74, 6) is 1.73. The number of morpholine rings is 1. The van der Waals surface area contributed by atoms with Gasteiger partial charge < -0.3 is 20.1 Å². The molecule has 0 bridgehead atoms. The molecule has 0 radical (unpaired) electrons. The van der Waals surface area contributed by atoms with Crippen molar-refractivity contribution in [2.75, 3.05) is 39.4 Å². The average Bonchev–Trinajstić information content (AvgIpc) is 2.64. The number of ether oxygens (including phenoxy) is 2. The molecule has 1 fully saturated rings. The summed E-state index contributed by atoms with van der Waals surface area (Å²) < 4.78 is 11.2. The van der Waals surface area contributed by atoms with Crippen LogP contribution in [0, 0.1) is 0 Å². The maximum Gasteiger partial charge on any atom is 0.191 e. The summed E-state index contributed by atoms with van der Waals surface area (Å²) in [5, 5.41) is 6.84. The molecule has 0 aliphatic carbocycles. The van der Waals surface area contributed by atoms with E-state index in [9.17, 15) is 0 Å². The summed E-state index contributed by atoms with van der Waals surface area (Å²) in [6, 6.07) is 8.15. The predicted molar refractivity (Wildman–Crippen MR) is 111 cm³/mol. The van der Waals surface area contributed by atoms with Gasteiger partial charge in [0, 0.05) is 31.7 Å². The number of benzene rings is 1. The minimum atomic E-state index is 0.0466. The van der Waals surface area contributed by atoms with Crippen molar-refractivity contribution in [1.82, 2.24) is 15.5 Å². The Bertz CT molecular complexity index is 596. The average molecular weight is 377 g/mol. The Kier molecular flexibility index (Phi) is 8.38. The lowest BCUT2D eigenvalue weighted by atomic mass is 10.0. The summed E-state index contributed by atoms with van der Waals surface area (Å²) in [4.78, 5) is 7.22. The van der Waals surface area contributed by atoms with E-state index in [0.29, 0.717) is 6.54 Å². The highest BCUT2D eigenvalue weighted by molar-refractivity contribution is 5.79. The molecule has 0 unspecified atom stereocenters. The van der Waals surface area contributed by atoms with Gasteiger partial charge in [0.15, 0.2) is 5.96 Å². The van der Waals surface area contributed by atoms with E-state index in [4.69, 9.17) is 14.5 Å². The normalized spacial score (nSPS) is 16.4. The van der Waals surface area contributed by atoms with Crippen LogP contribution in [0.15, 0.2) is 29.3 Å². The lowest BCUT2D eigenvalue weighted by molar-refractivity contribution is -0.00834. The van der Waals surface area contributed by atoms with Crippen LogP contribution in [0.4, 0.5) is 0 Å². The van der Waals surface area contributed by atoms with Crippen molar-refractivity contribution < 1.29 is 9.47 Å². The fourth-order valence-corrected chi connectivity index (χ4v) is 3.08. The van der Waals surface area contributed by atoms with E-state index >= 15 is 0 Å². The molecule has 2 rings (SSSR count). The number of nitrogens with zero attached hydrogens (tertiary/aromatic N) is 2. The van der Waals surface area contributed by atoms with Crippen LogP contribution < -0.4 is 15.4 Å². The van der Waals surface area contributed by atoms with Gasteiger partial charge in [-0.25, -0.2) is 4.99 Å². The lowest BCUT2D eigenvalue weighted by Crippen LogP contribution is -2.56. The van der Waals surface area contributed by atoms with E-state index < -0.39 is 0 Å². The molecule has 0 aromatic heterocycles. The minimum Gasteiger partial charge on any atom is -0.491 e. The van der Waals surface area contributed by atoms with Crippen molar-refractivity contribution in [1.29, 1.82) is 0 Å². The van der Waals surface area contributed by atoms with Crippen LogP contribution in [0.25, 0.3) is 0 Å². The van der Waals surface area contributed by atoms with E-state index in [-0.39, 0.29) is 11.6 Å². The number of guanidine groups is 1. The van der Waals surface area contributed by atoms with Gasteiger partial charge in [-0.05, 0) is 52.3 Å². The number of rotatable bonds is 8. The highest BCUT2D eigenvalue weighted by Gasteiger charge is 2.28. The lowest BCUT2D eigenvalue weighted by Gasteiger charge is -2.41. The van der Waals surface area contributed by atoms with Crippen molar-refractivity contribution in [2.45, 2.75) is 52.8 Å². The Balaban J connectivity index is 1.95. The van der Waals surface area contributed by atoms with Crippen LogP contribution in [-0.2, 0) is 11.3 Å². The van der Waals surface area contributed by atoms with Gasteiger partial charge in [-0.1, -0.05) is 12.1 Å². The molecule has 0 amide bonds. The molecule has 1 heterocycles. The van der Waals surface area contributed by atoms with E-state index in [1.807, 2.05) is 26.0 Å². The quantitative estimate of drug-likeness (QED) is 0.540. The van der Waals surface area contributed by atoms with Crippen molar-refractivity contribution in [3.8, 4) is 5.75 Å². The topological polar surface area (TPSA) is 58.1 Å². The van der Waals surface area contributed by atoms with E-state index in [1.54, 1.807) is 0 Å². The molecule has 0 atom stereocenters. The Hall–Kier alpha value is -1.79. The molecular weight excluding hydrogens is 340 g/mol. The van der Waals surface area contributed by atoms with Gasteiger partial charge >= 0.3 is 0 Å². The first kappa shape index (κ1) is 21.5. The molecule has 2 N–H and O–H groups in total. The van der Waals surface area contributed by atoms with Gasteiger partial charge in [0.1, 0.15) is 5.75 Å². The third-order valence-electron chi connectivity index (χ3n) is 4.59. The molecule has 1 aromatic carbocycles. The summed E-state index contributed by atoms with van der Waals surface area (Å²) in [6.45, 7) is 16.5. The zero-order chi connectivity index (χ0) is 19.7. The minimum absolute atomic E-state index is 0.0466. The Morgan fingerprint density at radius 3 is 2.67 bits per heavy atom. The van der Waals surface area contributed by atoms with Gasteiger partial charge in [0.25, 0.3) is 0 Å². The molecule has 0 saturated carbocycles. The second-order valence-electron chi connectivity index (χ2n) is 7.77. The van der Waals surface area contributed by atoms with Crippen LogP contribution in [0.3, 0.4) is 0 Å². The van der Waals surface area contributed by atoms with Crippen LogP contribution in [0.2, 0.25) is 0 Å². The molecule has 0 spiro atoms. The molecule has 27 heavy (non-hydrogen) atoms. The molecule has 6 heteroatoms. The molecule has 6 nitrogen and oxygen atoms in total. The smallest absolute Gasteiger partial charge is 0.191 e. The number of aliphatic imine (C=N–C) groups is 1. The molecule has 152 valence electrons. The van der Waals surface area contributed by atoms with Gasteiger partial charge in [-0.2, -0.15) is 0 Å².